The molecule has 1 aliphatic rings. The summed E-state index contributed by atoms with van der Waals surface area (Å²) in [5.74, 6) is 0. The van der Waals surface area contributed by atoms with E-state index in [9.17, 15) is 0 Å². The molecule has 1 nitrogen and oxygen atoms in total. The first kappa shape index (κ1) is 11.0. The fraction of sp³-hybridized carbons (Fsp3) is 0.133. The van der Waals surface area contributed by atoms with Gasteiger partial charge in [-0.3, -0.25) is 4.99 Å². The fourth-order valence-electron chi connectivity index (χ4n) is 2.10. The molecule has 0 aliphatic carbocycles. The van der Waals surface area contributed by atoms with Crippen molar-refractivity contribution in [1.29, 1.82) is 0 Å². The highest BCUT2D eigenvalue weighted by atomic mass is 127. The number of hydrogen-bond acceptors (Lipinski definition) is 1. The van der Waals surface area contributed by atoms with Crippen LogP contribution < -0.4 is 0 Å². The molecule has 0 aromatic heterocycles. The second-order valence-electron chi connectivity index (χ2n) is 4.37. The van der Waals surface area contributed by atoms with Crippen LogP contribution in [-0.2, 0) is 6.42 Å². The lowest BCUT2D eigenvalue weighted by molar-refractivity contribution is 1.35. The maximum absolute atomic E-state index is 4.73. The molecule has 2 heteroatoms. The zero-order chi connectivity index (χ0) is 11.8. The predicted molar refractivity (Wildman–Crippen MR) is 80.2 cm³/mol. The van der Waals surface area contributed by atoms with Gasteiger partial charge in [-0.2, -0.15) is 0 Å². The number of aryl methyl sites for hydroxylation is 1. The van der Waals surface area contributed by atoms with Crippen molar-refractivity contribution >= 4 is 34.0 Å². The van der Waals surface area contributed by atoms with Crippen molar-refractivity contribution < 1.29 is 0 Å². The van der Waals surface area contributed by atoms with Crippen molar-refractivity contribution in [3.8, 4) is 0 Å². The second kappa shape index (κ2) is 4.26. The summed E-state index contributed by atoms with van der Waals surface area (Å²) in [4.78, 5) is 4.73. The van der Waals surface area contributed by atoms with Crippen LogP contribution in [0, 0.1) is 10.5 Å². The van der Waals surface area contributed by atoms with Gasteiger partial charge in [-0.1, -0.05) is 24.3 Å². The summed E-state index contributed by atoms with van der Waals surface area (Å²) in [6.07, 6.45) is 0.955. The van der Waals surface area contributed by atoms with Crippen LogP contribution in [0.3, 0.4) is 0 Å². The first-order valence-electron chi connectivity index (χ1n) is 5.65. The van der Waals surface area contributed by atoms with Crippen LogP contribution in [0.5, 0.6) is 0 Å². The molecule has 0 unspecified atom stereocenters. The Morgan fingerprint density at radius 1 is 1.06 bits per heavy atom. The Balaban J connectivity index is 1.99. The summed E-state index contributed by atoms with van der Waals surface area (Å²) in [6, 6.07) is 15.1. The molecule has 2 aromatic carbocycles. The number of aliphatic imine (C=N–C) groups is 1. The Hall–Kier alpha value is -1.16. The first-order valence-corrected chi connectivity index (χ1v) is 6.73. The highest BCUT2D eigenvalue weighted by Crippen LogP contribution is 2.29. The molecule has 84 valence electrons. The average molecular weight is 333 g/mol. The summed E-state index contributed by atoms with van der Waals surface area (Å²) < 4.78 is 1.26. The van der Waals surface area contributed by atoms with Gasteiger partial charge in [0.05, 0.1) is 11.4 Å². The fourth-order valence-corrected chi connectivity index (χ4v) is 2.46. The lowest BCUT2D eigenvalue weighted by Gasteiger charge is -2.00. The Morgan fingerprint density at radius 2 is 1.82 bits per heavy atom. The van der Waals surface area contributed by atoms with Crippen LogP contribution in [0.25, 0.3) is 0 Å². The molecule has 0 bridgehead atoms. The largest absolute Gasteiger partial charge is 0.252 e. The van der Waals surface area contributed by atoms with Crippen molar-refractivity contribution in [1.82, 2.24) is 0 Å². The van der Waals surface area contributed by atoms with E-state index in [4.69, 9.17) is 4.99 Å². The molecule has 1 heterocycles. The van der Waals surface area contributed by atoms with Gasteiger partial charge in [-0.05, 0) is 64.4 Å². The molecule has 0 amide bonds. The molecule has 0 fully saturated rings. The predicted octanol–water partition coefficient (Wildman–Crippen LogP) is 4.28. The minimum Gasteiger partial charge on any atom is -0.252 e. The molecule has 0 atom stereocenters. The zero-order valence-corrected chi connectivity index (χ0v) is 11.7. The van der Waals surface area contributed by atoms with E-state index in [1.807, 2.05) is 0 Å². The number of hydrogen-bond donors (Lipinski definition) is 0. The van der Waals surface area contributed by atoms with E-state index in [2.05, 4.69) is 72.0 Å². The highest BCUT2D eigenvalue weighted by Gasteiger charge is 2.15. The van der Waals surface area contributed by atoms with Crippen molar-refractivity contribution in [3.05, 3.63) is 62.7 Å². The smallest absolute Gasteiger partial charge is 0.0671 e. The number of fused-ring (bicyclic) bond motifs is 1. The van der Waals surface area contributed by atoms with Gasteiger partial charge in [0.15, 0.2) is 0 Å². The van der Waals surface area contributed by atoms with Gasteiger partial charge in [-0.25, -0.2) is 0 Å². The second-order valence-corrected chi connectivity index (χ2v) is 5.62. The summed E-state index contributed by atoms with van der Waals surface area (Å²) in [5, 5.41) is 0. The van der Waals surface area contributed by atoms with E-state index in [0.29, 0.717) is 0 Å². The van der Waals surface area contributed by atoms with E-state index in [1.54, 1.807) is 0 Å². The number of benzene rings is 2. The van der Waals surface area contributed by atoms with Gasteiger partial charge in [0.2, 0.25) is 0 Å². The highest BCUT2D eigenvalue weighted by molar-refractivity contribution is 14.1. The minimum absolute atomic E-state index is 0.955. The van der Waals surface area contributed by atoms with Crippen LogP contribution >= 0.6 is 22.6 Å². The molecule has 2 aromatic rings. The lowest BCUT2D eigenvalue weighted by Crippen LogP contribution is -1.99. The SMILES string of the molecule is Cc1ccc2c(c1)N=C(c1ccc(I)cc1)C2. The molecule has 3 rings (SSSR count). The Bertz CT molecular complexity index is 597. The molecule has 0 radical (unpaired) electrons. The Labute approximate surface area is 115 Å². The van der Waals surface area contributed by atoms with E-state index in [-0.39, 0.29) is 0 Å². The number of halogens is 1. The van der Waals surface area contributed by atoms with Gasteiger partial charge >= 0.3 is 0 Å². The van der Waals surface area contributed by atoms with E-state index < -0.39 is 0 Å². The topological polar surface area (TPSA) is 12.4 Å². The van der Waals surface area contributed by atoms with Gasteiger partial charge in [0, 0.05) is 9.99 Å². The van der Waals surface area contributed by atoms with Crippen LogP contribution in [0.4, 0.5) is 5.69 Å². The van der Waals surface area contributed by atoms with Gasteiger partial charge in [0.25, 0.3) is 0 Å². The molecule has 1 aliphatic heterocycles. The minimum atomic E-state index is 0.955. The third-order valence-electron chi connectivity index (χ3n) is 3.03. The first-order chi connectivity index (χ1) is 8.22. The third-order valence-corrected chi connectivity index (χ3v) is 3.75. The summed E-state index contributed by atoms with van der Waals surface area (Å²) in [5.41, 5.74) is 6.17. The standard InChI is InChI=1S/C15H12IN/c1-10-2-3-12-9-15(17-14(12)8-10)11-4-6-13(16)7-5-11/h2-8H,9H2,1H3. The molecule has 0 saturated heterocycles. The lowest BCUT2D eigenvalue weighted by atomic mass is 10.0. The normalized spacial score (nSPS) is 13.4. The molecule has 0 N–H and O–H groups in total. The van der Waals surface area contributed by atoms with Crippen molar-refractivity contribution in [2.75, 3.05) is 0 Å². The quantitative estimate of drug-likeness (QED) is 0.691. The number of rotatable bonds is 1. The zero-order valence-electron chi connectivity index (χ0n) is 9.57. The maximum Gasteiger partial charge on any atom is 0.0671 e. The van der Waals surface area contributed by atoms with E-state index >= 15 is 0 Å². The monoisotopic (exact) mass is 333 g/mol. The van der Waals surface area contributed by atoms with Crippen LogP contribution in [0.2, 0.25) is 0 Å². The Morgan fingerprint density at radius 3 is 2.59 bits per heavy atom. The average Bonchev–Trinajstić information content (AvgIpc) is 2.72. The van der Waals surface area contributed by atoms with Crippen LogP contribution in [0.15, 0.2) is 47.5 Å². The third kappa shape index (κ3) is 2.14. The molecule has 0 spiro atoms. The molecule has 0 saturated carbocycles. The van der Waals surface area contributed by atoms with E-state index in [0.717, 1.165) is 12.1 Å². The molecule has 17 heavy (non-hydrogen) atoms. The summed E-state index contributed by atoms with van der Waals surface area (Å²) >= 11 is 2.32. The van der Waals surface area contributed by atoms with Crippen molar-refractivity contribution in [2.24, 2.45) is 4.99 Å². The molecular weight excluding hydrogens is 321 g/mol. The van der Waals surface area contributed by atoms with Gasteiger partial charge in [-0.15, -0.1) is 0 Å². The summed E-state index contributed by atoms with van der Waals surface area (Å²) in [6.45, 7) is 2.11. The van der Waals surface area contributed by atoms with Gasteiger partial charge < -0.3 is 0 Å². The Kier molecular flexibility index (Phi) is 2.74. The van der Waals surface area contributed by atoms with Crippen molar-refractivity contribution in [2.45, 2.75) is 13.3 Å². The summed E-state index contributed by atoms with van der Waals surface area (Å²) in [7, 11) is 0. The van der Waals surface area contributed by atoms with Gasteiger partial charge in [0.1, 0.15) is 0 Å². The van der Waals surface area contributed by atoms with Crippen LogP contribution in [-0.4, -0.2) is 5.71 Å². The number of nitrogens with zero attached hydrogens (tertiary/aromatic N) is 1. The van der Waals surface area contributed by atoms with Crippen LogP contribution in [0.1, 0.15) is 16.7 Å². The van der Waals surface area contributed by atoms with Crippen molar-refractivity contribution in [3.63, 3.8) is 0 Å². The molecular formula is C15H12IN. The van der Waals surface area contributed by atoms with E-state index in [1.165, 1.54) is 26.0 Å². The maximum atomic E-state index is 4.73.